The van der Waals surface area contributed by atoms with Gasteiger partial charge in [0.1, 0.15) is 0 Å². The molecule has 2 heteroatoms. The molecule has 1 aromatic rings. The van der Waals surface area contributed by atoms with Crippen LogP contribution in [0.4, 0.5) is 0 Å². The van der Waals surface area contributed by atoms with Gasteiger partial charge in [0.05, 0.1) is 6.10 Å². The van der Waals surface area contributed by atoms with Crippen molar-refractivity contribution in [3.05, 3.63) is 64.8 Å². The van der Waals surface area contributed by atoms with Crippen LogP contribution in [-0.2, 0) is 4.79 Å². The van der Waals surface area contributed by atoms with Crippen LogP contribution in [0.2, 0.25) is 0 Å². The molecule has 122 valence electrons. The second kappa shape index (κ2) is 7.10. The van der Waals surface area contributed by atoms with Crippen LogP contribution in [0, 0.1) is 12.3 Å². The molecule has 2 nitrogen and oxygen atoms in total. The number of allylic oxidation sites excluding steroid dienone is 4. The maximum absolute atomic E-state index is 12.1. The highest BCUT2D eigenvalue weighted by molar-refractivity contribution is 6.02. The number of ketones is 1. The average molecular weight is 310 g/mol. The molecule has 1 atom stereocenters. The number of aliphatic hydroxyl groups is 1. The van der Waals surface area contributed by atoms with E-state index < -0.39 is 0 Å². The summed E-state index contributed by atoms with van der Waals surface area (Å²) in [6.45, 7) is 8.31. The van der Waals surface area contributed by atoms with Gasteiger partial charge in [-0.2, -0.15) is 0 Å². The Bertz CT molecular complexity index is 675. The van der Waals surface area contributed by atoms with Crippen molar-refractivity contribution < 1.29 is 9.90 Å². The molecule has 23 heavy (non-hydrogen) atoms. The molecule has 0 saturated heterocycles. The van der Waals surface area contributed by atoms with E-state index in [1.165, 1.54) is 5.56 Å². The van der Waals surface area contributed by atoms with Gasteiger partial charge in [0.15, 0.2) is 5.78 Å². The number of hydrogen-bond donors (Lipinski definition) is 1. The zero-order valence-corrected chi connectivity index (χ0v) is 14.5. The summed E-state index contributed by atoms with van der Waals surface area (Å²) in [7, 11) is 0. The fourth-order valence-electron chi connectivity index (χ4n) is 3.09. The maximum atomic E-state index is 12.1. The van der Waals surface area contributed by atoms with Gasteiger partial charge in [-0.25, -0.2) is 0 Å². The summed E-state index contributed by atoms with van der Waals surface area (Å²) >= 11 is 0. The first-order chi connectivity index (χ1) is 10.8. The van der Waals surface area contributed by atoms with Crippen molar-refractivity contribution in [2.75, 3.05) is 0 Å². The molecule has 0 fully saturated rings. The molecule has 1 aliphatic rings. The van der Waals surface area contributed by atoms with Gasteiger partial charge in [-0.1, -0.05) is 55.8 Å². The number of aryl methyl sites for hydroxylation is 1. The number of carbonyl (C=O) groups excluding carboxylic acids is 1. The Morgan fingerprint density at radius 1 is 1.22 bits per heavy atom. The second-order valence-corrected chi connectivity index (χ2v) is 7.02. The van der Waals surface area contributed by atoms with E-state index in [-0.39, 0.29) is 17.3 Å². The normalized spacial score (nSPS) is 21.3. The van der Waals surface area contributed by atoms with Gasteiger partial charge < -0.3 is 5.11 Å². The van der Waals surface area contributed by atoms with E-state index in [0.717, 1.165) is 29.6 Å². The largest absolute Gasteiger partial charge is 0.389 e. The van der Waals surface area contributed by atoms with Crippen molar-refractivity contribution in [3.8, 4) is 0 Å². The molecule has 0 bridgehead atoms. The summed E-state index contributed by atoms with van der Waals surface area (Å²) in [5.74, 6) is -0.0392. The van der Waals surface area contributed by atoms with Crippen LogP contribution in [-0.4, -0.2) is 17.0 Å². The van der Waals surface area contributed by atoms with Gasteiger partial charge in [0.25, 0.3) is 0 Å². The van der Waals surface area contributed by atoms with Crippen LogP contribution in [0.5, 0.6) is 0 Å². The minimum Gasteiger partial charge on any atom is -0.389 e. The molecule has 0 amide bonds. The number of hydrogen-bond acceptors (Lipinski definition) is 2. The maximum Gasteiger partial charge on any atom is 0.178 e. The standard InChI is InChI=1S/C21H26O2/c1-15-6-5-7-17(14-15)8-9-18(22)10-11-19-16(2)20(23)12-13-21(19,3)4/h5-11,14,20,23H,12-13H2,1-4H3/b9-8+,11-10+. The number of aliphatic hydroxyl groups excluding tert-OH is 1. The third kappa shape index (κ3) is 4.52. The molecular formula is C21H26O2. The SMILES string of the molecule is CC1=C(/C=C/C(=O)/C=C/c2cccc(C)c2)C(C)(C)CCC1O. The minimum atomic E-state index is -0.388. The van der Waals surface area contributed by atoms with E-state index in [1.54, 1.807) is 12.2 Å². The Morgan fingerprint density at radius 3 is 2.61 bits per heavy atom. The molecule has 1 aromatic carbocycles. The highest BCUT2D eigenvalue weighted by Gasteiger charge is 2.30. The lowest BCUT2D eigenvalue weighted by Crippen LogP contribution is -2.27. The molecule has 0 radical (unpaired) electrons. The van der Waals surface area contributed by atoms with E-state index in [1.807, 2.05) is 50.3 Å². The number of carbonyl (C=O) groups is 1. The van der Waals surface area contributed by atoms with Gasteiger partial charge in [0, 0.05) is 0 Å². The van der Waals surface area contributed by atoms with Crippen LogP contribution >= 0.6 is 0 Å². The number of benzene rings is 1. The monoisotopic (exact) mass is 310 g/mol. The molecule has 0 spiro atoms. The fourth-order valence-corrected chi connectivity index (χ4v) is 3.09. The van der Waals surface area contributed by atoms with Crippen LogP contribution in [0.15, 0.2) is 53.6 Å². The Hall–Kier alpha value is -1.93. The summed E-state index contributed by atoms with van der Waals surface area (Å²) in [4.78, 5) is 12.1. The fraction of sp³-hybridized carbons (Fsp3) is 0.381. The zero-order valence-electron chi connectivity index (χ0n) is 14.5. The predicted molar refractivity (Wildman–Crippen MR) is 96.1 cm³/mol. The summed E-state index contributed by atoms with van der Waals surface area (Å²) in [5, 5.41) is 10.0. The Labute approximate surface area is 139 Å². The second-order valence-electron chi connectivity index (χ2n) is 7.02. The summed E-state index contributed by atoms with van der Waals surface area (Å²) in [6.07, 6.45) is 8.23. The lowest BCUT2D eigenvalue weighted by Gasteiger charge is -2.35. The minimum absolute atomic E-state index is 0.000347. The van der Waals surface area contributed by atoms with Crippen LogP contribution in [0.25, 0.3) is 6.08 Å². The molecule has 0 heterocycles. The van der Waals surface area contributed by atoms with E-state index >= 15 is 0 Å². The van der Waals surface area contributed by atoms with E-state index in [0.29, 0.717) is 0 Å². The average Bonchev–Trinajstić information content (AvgIpc) is 2.49. The molecule has 1 unspecified atom stereocenters. The van der Waals surface area contributed by atoms with Gasteiger partial charge in [-0.05, 0) is 61.0 Å². The molecule has 1 aliphatic carbocycles. The first kappa shape index (κ1) is 17.4. The molecule has 0 aromatic heterocycles. The third-order valence-electron chi connectivity index (χ3n) is 4.59. The Balaban J connectivity index is 2.13. The summed E-state index contributed by atoms with van der Waals surface area (Å²) in [6, 6.07) is 8.04. The molecule has 0 aliphatic heterocycles. The lowest BCUT2D eigenvalue weighted by atomic mass is 9.71. The highest BCUT2D eigenvalue weighted by Crippen LogP contribution is 2.40. The van der Waals surface area contributed by atoms with Crippen molar-refractivity contribution >= 4 is 11.9 Å². The molecule has 1 N–H and O–H groups in total. The lowest BCUT2D eigenvalue weighted by molar-refractivity contribution is -0.110. The first-order valence-electron chi connectivity index (χ1n) is 8.16. The van der Waals surface area contributed by atoms with E-state index in [9.17, 15) is 9.90 Å². The predicted octanol–water partition coefficient (Wildman–Crippen LogP) is 4.63. The molecule has 2 rings (SSSR count). The topological polar surface area (TPSA) is 37.3 Å². The van der Waals surface area contributed by atoms with Crippen molar-refractivity contribution in [1.82, 2.24) is 0 Å². The van der Waals surface area contributed by atoms with Crippen molar-refractivity contribution in [2.45, 2.75) is 46.6 Å². The van der Waals surface area contributed by atoms with E-state index in [4.69, 9.17) is 0 Å². The molecular weight excluding hydrogens is 284 g/mol. The molecule has 0 saturated carbocycles. The Morgan fingerprint density at radius 2 is 1.91 bits per heavy atom. The zero-order chi connectivity index (χ0) is 17.0. The number of rotatable bonds is 4. The third-order valence-corrected chi connectivity index (χ3v) is 4.59. The van der Waals surface area contributed by atoms with Gasteiger partial charge >= 0.3 is 0 Å². The van der Waals surface area contributed by atoms with Gasteiger partial charge in [0.2, 0.25) is 0 Å². The van der Waals surface area contributed by atoms with Crippen LogP contribution in [0.1, 0.15) is 44.7 Å². The smallest absolute Gasteiger partial charge is 0.178 e. The summed E-state index contributed by atoms with van der Waals surface area (Å²) < 4.78 is 0. The first-order valence-corrected chi connectivity index (χ1v) is 8.16. The van der Waals surface area contributed by atoms with Crippen LogP contribution < -0.4 is 0 Å². The van der Waals surface area contributed by atoms with E-state index in [2.05, 4.69) is 13.8 Å². The van der Waals surface area contributed by atoms with Crippen molar-refractivity contribution in [3.63, 3.8) is 0 Å². The van der Waals surface area contributed by atoms with Gasteiger partial charge in [-0.15, -0.1) is 0 Å². The van der Waals surface area contributed by atoms with Crippen molar-refractivity contribution in [1.29, 1.82) is 0 Å². The quantitative estimate of drug-likeness (QED) is 0.823. The summed E-state index contributed by atoms with van der Waals surface area (Å²) in [5.41, 5.74) is 4.26. The highest BCUT2D eigenvalue weighted by atomic mass is 16.3. The van der Waals surface area contributed by atoms with Crippen LogP contribution in [0.3, 0.4) is 0 Å². The van der Waals surface area contributed by atoms with Gasteiger partial charge in [-0.3, -0.25) is 4.79 Å². The van der Waals surface area contributed by atoms with Crippen molar-refractivity contribution in [2.24, 2.45) is 5.41 Å². The Kier molecular flexibility index (Phi) is 5.38.